The maximum Gasteiger partial charge on any atom is 0.330 e. The summed E-state index contributed by atoms with van der Waals surface area (Å²) in [6.07, 6.45) is 5.59. The quantitative estimate of drug-likeness (QED) is 0.530. The molecule has 0 aliphatic heterocycles. The molecule has 1 aliphatic carbocycles. The van der Waals surface area contributed by atoms with Crippen LogP contribution in [0.1, 0.15) is 26.2 Å². The molecule has 2 atom stereocenters. The van der Waals surface area contributed by atoms with Crippen LogP contribution in [0.3, 0.4) is 0 Å². The van der Waals surface area contributed by atoms with Crippen LogP contribution in [0.5, 0.6) is 0 Å². The zero-order valence-corrected chi connectivity index (χ0v) is 7.90. The molecule has 1 fully saturated rings. The standard InChI is InChI=1S/C10H16O3/c1-2-4-10(12)13-7-8-5-3-6-9(8)11/h2,4,8-9,11H,3,5-7H2,1H3/b4-2+/t8-,9+/m0/s1. The van der Waals surface area contributed by atoms with Crippen molar-refractivity contribution in [2.75, 3.05) is 6.61 Å². The number of aliphatic hydroxyl groups excluding tert-OH is 1. The van der Waals surface area contributed by atoms with E-state index in [1.807, 2.05) is 0 Å². The number of esters is 1. The molecule has 0 saturated heterocycles. The van der Waals surface area contributed by atoms with Crippen molar-refractivity contribution < 1.29 is 14.6 Å². The van der Waals surface area contributed by atoms with Crippen LogP contribution in [-0.4, -0.2) is 23.8 Å². The fraction of sp³-hybridized carbons (Fsp3) is 0.700. The predicted molar refractivity (Wildman–Crippen MR) is 49.1 cm³/mol. The molecular formula is C10H16O3. The van der Waals surface area contributed by atoms with Gasteiger partial charge in [0, 0.05) is 12.0 Å². The van der Waals surface area contributed by atoms with Crippen molar-refractivity contribution in [3.8, 4) is 0 Å². The van der Waals surface area contributed by atoms with Gasteiger partial charge in [-0.15, -0.1) is 0 Å². The summed E-state index contributed by atoms with van der Waals surface area (Å²) in [7, 11) is 0. The first kappa shape index (κ1) is 10.3. The molecular weight excluding hydrogens is 168 g/mol. The Balaban J connectivity index is 2.22. The number of carbonyl (C=O) groups is 1. The molecule has 0 spiro atoms. The molecule has 3 nitrogen and oxygen atoms in total. The highest BCUT2D eigenvalue weighted by Crippen LogP contribution is 2.25. The van der Waals surface area contributed by atoms with Crippen molar-refractivity contribution in [2.24, 2.45) is 5.92 Å². The van der Waals surface area contributed by atoms with Gasteiger partial charge in [0.15, 0.2) is 0 Å². The van der Waals surface area contributed by atoms with Crippen LogP contribution in [0.25, 0.3) is 0 Å². The molecule has 1 saturated carbocycles. The summed E-state index contributed by atoms with van der Waals surface area (Å²) < 4.78 is 4.95. The maximum absolute atomic E-state index is 10.9. The van der Waals surface area contributed by atoms with Crippen molar-refractivity contribution in [2.45, 2.75) is 32.3 Å². The maximum atomic E-state index is 10.9. The molecule has 1 N–H and O–H groups in total. The van der Waals surface area contributed by atoms with Crippen LogP contribution < -0.4 is 0 Å². The van der Waals surface area contributed by atoms with Gasteiger partial charge in [-0.3, -0.25) is 0 Å². The second kappa shape index (κ2) is 5.02. The van der Waals surface area contributed by atoms with Gasteiger partial charge in [0.1, 0.15) is 0 Å². The summed E-state index contributed by atoms with van der Waals surface area (Å²) in [5.41, 5.74) is 0. The van der Waals surface area contributed by atoms with Crippen molar-refractivity contribution in [1.82, 2.24) is 0 Å². The Bertz CT molecular complexity index is 198. The molecule has 0 radical (unpaired) electrons. The highest BCUT2D eigenvalue weighted by molar-refractivity contribution is 5.81. The van der Waals surface area contributed by atoms with Crippen LogP contribution in [0.15, 0.2) is 12.2 Å². The zero-order valence-electron chi connectivity index (χ0n) is 7.90. The highest BCUT2D eigenvalue weighted by atomic mass is 16.5. The topological polar surface area (TPSA) is 46.5 Å². The first-order chi connectivity index (χ1) is 6.24. The Labute approximate surface area is 78.4 Å². The van der Waals surface area contributed by atoms with Crippen molar-refractivity contribution >= 4 is 5.97 Å². The molecule has 0 aromatic carbocycles. The minimum atomic E-state index is -0.318. The Morgan fingerprint density at radius 2 is 2.38 bits per heavy atom. The smallest absolute Gasteiger partial charge is 0.330 e. The van der Waals surface area contributed by atoms with E-state index in [1.54, 1.807) is 13.0 Å². The average molecular weight is 184 g/mol. The first-order valence-corrected chi connectivity index (χ1v) is 4.71. The van der Waals surface area contributed by atoms with Gasteiger partial charge in [-0.05, 0) is 19.8 Å². The van der Waals surface area contributed by atoms with Gasteiger partial charge in [-0.1, -0.05) is 12.5 Å². The lowest BCUT2D eigenvalue weighted by atomic mass is 10.1. The van der Waals surface area contributed by atoms with Gasteiger partial charge in [0.25, 0.3) is 0 Å². The van der Waals surface area contributed by atoms with Crippen LogP contribution in [-0.2, 0) is 9.53 Å². The molecule has 0 aromatic heterocycles. The van der Waals surface area contributed by atoms with Crippen LogP contribution >= 0.6 is 0 Å². The molecule has 74 valence electrons. The normalized spacial score (nSPS) is 28.2. The van der Waals surface area contributed by atoms with E-state index >= 15 is 0 Å². The van der Waals surface area contributed by atoms with E-state index in [0.717, 1.165) is 19.3 Å². The zero-order chi connectivity index (χ0) is 9.68. The summed E-state index contributed by atoms with van der Waals surface area (Å²) in [5.74, 6) is -0.171. The lowest BCUT2D eigenvalue weighted by Gasteiger charge is -2.13. The molecule has 1 aliphatic rings. The Hall–Kier alpha value is -0.830. The summed E-state index contributed by atoms with van der Waals surface area (Å²) in [5, 5.41) is 9.42. The summed E-state index contributed by atoms with van der Waals surface area (Å²) in [6.45, 7) is 2.12. The highest BCUT2D eigenvalue weighted by Gasteiger charge is 2.25. The van der Waals surface area contributed by atoms with Crippen LogP contribution in [0.2, 0.25) is 0 Å². The minimum absolute atomic E-state index is 0.147. The predicted octanol–water partition coefficient (Wildman–Crippen LogP) is 1.27. The van der Waals surface area contributed by atoms with Crippen LogP contribution in [0, 0.1) is 5.92 Å². The third kappa shape index (κ3) is 3.19. The molecule has 0 heterocycles. The van der Waals surface area contributed by atoms with E-state index < -0.39 is 0 Å². The summed E-state index contributed by atoms with van der Waals surface area (Å²) >= 11 is 0. The first-order valence-electron chi connectivity index (χ1n) is 4.71. The number of carbonyl (C=O) groups excluding carboxylic acids is 1. The lowest BCUT2D eigenvalue weighted by molar-refractivity contribution is -0.139. The van der Waals surface area contributed by atoms with Crippen molar-refractivity contribution in [3.05, 3.63) is 12.2 Å². The third-order valence-electron chi connectivity index (χ3n) is 2.36. The average Bonchev–Trinajstić information content (AvgIpc) is 2.48. The van der Waals surface area contributed by atoms with E-state index in [1.165, 1.54) is 6.08 Å². The van der Waals surface area contributed by atoms with Gasteiger partial charge in [0.2, 0.25) is 0 Å². The van der Waals surface area contributed by atoms with Gasteiger partial charge in [-0.25, -0.2) is 4.79 Å². The summed E-state index contributed by atoms with van der Waals surface area (Å²) in [6, 6.07) is 0. The van der Waals surface area contributed by atoms with E-state index in [2.05, 4.69) is 0 Å². The minimum Gasteiger partial charge on any atom is -0.462 e. The van der Waals surface area contributed by atoms with E-state index in [4.69, 9.17) is 4.74 Å². The SMILES string of the molecule is C/C=C/C(=O)OC[C@@H]1CCC[C@H]1O. The number of hydrogen-bond acceptors (Lipinski definition) is 3. The van der Waals surface area contributed by atoms with Crippen LogP contribution in [0.4, 0.5) is 0 Å². The Morgan fingerprint density at radius 3 is 2.92 bits per heavy atom. The second-order valence-electron chi connectivity index (χ2n) is 3.39. The van der Waals surface area contributed by atoms with E-state index in [9.17, 15) is 9.90 Å². The molecule has 0 amide bonds. The molecule has 1 rings (SSSR count). The Kier molecular flexibility index (Phi) is 3.96. The fourth-order valence-corrected chi connectivity index (χ4v) is 1.59. The summed E-state index contributed by atoms with van der Waals surface area (Å²) in [4.78, 5) is 10.9. The van der Waals surface area contributed by atoms with Gasteiger partial charge >= 0.3 is 5.97 Å². The Morgan fingerprint density at radius 1 is 1.62 bits per heavy atom. The fourth-order valence-electron chi connectivity index (χ4n) is 1.59. The molecule has 0 aromatic rings. The van der Waals surface area contributed by atoms with Crippen molar-refractivity contribution in [1.29, 1.82) is 0 Å². The number of allylic oxidation sites excluding steroid dienone is 1. The van der Waals surface area contributed by atoms with E-state index in [0.29, 0.717) is 6.61 Å². The number of rotatable bonds is 3. The van der Waals surface area contributed by atoms with Gasteiger partial charge in [0.05, 0.1) is 12.7 Å². The monoisotopic (exact) mass is 184 g/mol. The molecule has 0 unspecified atom stereocenters. The van der Waals surface area contributed by atoms with Gasteiger partial charge in [-0.2, -0.15) is 0 Å². The second-order valence-corrected chi connectivity index (χ2v) is 3.39. The number of ether oxygens (including phenoxy) is 1. The largest absolute Gasteiger partial charge is 0.462 e. The number of hydrogen-bond donors (Lipinski definition) is 1. The van der Waals surface area contributed by atoms with Crippen molar-refractivity contribution in [3.63, 3.8) is 0 Å². The molecule has 3 heteroatoms. The lowest BCUT2D eigenvalue weighted by Crippen LogP contribution is -2.20. The number of aliphatic hydroxyl groups is 1. The van der Waals surface area contributed by atoms with E-state index in [-0.39, 0.29) is 18.0 Å². The third-order valence-corrected chi connectivity index (χ3v) is 2.36. The molecule has 13 heavy (non-hydrogen) atoms. The van der Waals surface area contributed by atoms with Gasteiger partial charge < -0.3 is 9.84 Å². The molecule has 0 bridgehead atoms.